The van der Waals surface area contributed by atoms with Gasteiger partial charge >= 0.3 is 12.0 Å². The van der Waals surface area contributed by atoms with E-state index in [0.29, 0.717) is 5.56 Å². The second-order valence-electron chi connectivity index (χ2n) is 4.34. The molecule has 20 heavy (non-hydrogen) atoms. The highest BCUT2D eigenvalue weighted by molar-refractivity contribution is 5.98. The molecule has 7 heteroatoms. The average Bonchev–Trinajstić information content (AvgIpc) is 2.37. The Balaban J connectivity index is 2.66. The molecule has 0 spiro atoms. The number of hydrogen-bond acceptors (Lipinski definition) is 5. The van der Waals surface area contributed by atoms with Crippen molar-refractivity contribution >= 4 is 23.6 Å². The SMILES string of the molecule is C[C@@H](OC(=O)c1ccc(N(C)C)cc1)C(=O)NC(N)=O. The molecule has 0 heterocycles. The molecule has 108 valence electrons. The molecule has 0 radical (unpaired) electrons. The zero-order valence-corrected chi connectivity index (χ0v) is 11.5. The molecule has 0 aliphatic heterocycles. The molecule has 0 aromatic heterocycles. The lowest BCUT2D eigenvalue weighted by Gasteiger charge is -2.14. The van der Waals surface area contributed by atoms with Gasteiger partial charge in [0.05, 0.1) is 5.56 Å². The van der Waals surface area contributed by atoms with Crippen molar-refractivity contribution < 1.29 is 19.1 Å². The van der Waals surface area contributed by atoms with E-state index in [1.165, 1.54) is 6.92 Å². The lowest BCUT2D eigenvalue weighted by atomic mass is 10.2. The first-order valence-electron chi connectivity index (χ1n) is 5.90. The molecule has 1 aromatic rings. The van der Waals surface area contributed by atoms with Crippen LogP contribution in [0.4, 0.5) is 10.5 Å². The summed E-state index contributed by atoms with van der Waals surface area (Å²) in [4.78, 5) is 35.6. The van der Waals surface area contributed by atoms with E-state index in [9.17, 15) is 14.4 Å². The predicted molar refractivity (Wildman–Crippen MR) is 73.4 cm³/mol. The van der Waals surface area contributed by atoms with Gasteiger partial charge in [-0.25, -0.2) is 9.59 Å². The number of esters is 1. The standard InChI is InChI=1S/C13H17N3O4/c1-8(11(17)15-13(14)19)20-12(18)9-4-6-10(7-5-9)16(2)3/h4-8H,1-3H3,(H3,14,15,17,19)/t8-/m1/s1. The predicted octanol–water partition coefficient (Wildman–Crippen LogP) is 0.493. The molecule has 0 fully saturated rings. The minimum absolute atomic E-state index is 0.314. The Morgan fingerprint density at radius 2 is 1.75 bits per heavy atom. The van der Waals surface area contributed by atoms with Crippen LogP contribution in [0.25, 0.3) is 0 Å². The number of imide groups is 1. The van der Waals surface area contributed by atoms with E-state index >= 15 is 0 Å². The lowest BCUT2D eigenvalue weighted by Crippen LogP contribution is -2.42. The Labute approximate surface area is 116 Å². The number of primary amides is 1. The van der Waals surface area contributed by atoms with Crippen molar-refractivity contribution in [3.63, 3.8) is 0 Å². The van der Waals surface area contributed by atoms with Gasteiger partial charge in [-0.15, -0.1) is 0 Å². The zero-order chi connectivity index (χ0) is 15.3. The highest BCUT2D eigenvalue weighted by atomic mass is 16.5. The molecule has 0 saturated carbocycles. The van der Waals surface area contributed by atoms with Crippen LogP contribution in [0.15, 0.2) is 24.3 Å². The normalized spacial score (nSPS) is 11.3. The van der Waals surface area contributed by atoms with Crippen molar-refractivity contribution in [1.82, 2.24) is 5.32 Å². The molecule has 0 aliphatic carbocycles. The Kier molecular flexibility index (Phi) is 5.08. The average molecular weight is 279 g/mol. The quantitative estimate of drug-likeness (QED) is 0.781. The van der Waals surface area contributed by atoms with Gasteiger partial charge in [-0.2, -0.15) is 0 Å². The third kappa shape index (κ3) is 4.27. The molecule has 1 rings (SSSR count). The number of carbonyl (C=O) groups is 3. The number of anilines is 1. The number of nitrogens with one attached hydrogen (secondary N) is 1. The molecular weight excluding hydrogens is 262 g/mol. The van der Waals surface area contributed by atoms with Crippen LogP contribution < -0.4 is 16.0 Å². The van der Waals surface area contributed by atoms with Gasteiger partial charge in [0.25, 0.3) is 5.91 Å². The Hall–Kier alpha value is -2.57. The topological polar surface area (TPSA) is 102 Å². The molecule has 0 unspecified atom stereocenters. The van der Waals surface area contributed by atoms with Crippen LogP contribution in [-0.4, -0.2) is 38.1 Å². The minimum Gasteiger partial charge on any atom is -0.449 e. The Morgan fingerprint density at radius 1 is 1.20 bits per heavy atom. The number of hydrogen-bond donors (Lipinski definition) is 2. The van der Waals surface area contributed by atoms with Crippen LogP contribution in [0, 0.1) is 0 Å². The van der Waals surface area contributed by atoms with Gasteiger partial charge in [-0.05, 0) is 31.2 Å². The van der Waals surface area contributed by atoms with E-state index in [0.717, 1.165) is 5.69 Å². The summed E-state index contributed by atoms with van der Waals surface area (Å²) in [6.45, 7) is 1.35. The van der Waals surface area contributed by atoms with Gasteiger partial charge < -0.3 is 15.4 Å². The number of benzene rings is 1. The third-order valence-electron chi connectivity index (χ3n) is 2.52. The molecule has 3 N–H and O–H groups in total. The van der Waals surface area contributed by atoms with E-state index in [4.69, 9.17) is 10.5 Å². The van der Waals surface area contributed by atoms with Crippen LogP contribution >= 0.6 is 0 Å². The molecule has 0 bridgehead atoms. The highest BCUT2D eigenvalue weighted by Gasteiger charge is 2.19. The number of amides is 3. The van der Waals surface area contributed by atoms with Crippen molar-refractivity contribution in [2.45, 2.75) is 13.0 Å². The third-order valence-corrected chi connectivity index (χ3v) is 2.52. The van der Waals surface area contributed by atoms with Crippen LogP contribution in [0.3, 0.4) is 0 Å². The van der Waals surface area contributed by atoms with E-state index in [2.05, 4.69) is 0 Å². The van der Waals surface area contributed by atoms with Crippen LogP contribution in [0.1, 0.15) is 17.3 Å². The summed E-state index contributed by atoms with van der Waals surface area (Å²) in [6, 6.07) is 5.70. The summed E-state index contributed by atoms with van der Waals surface area (Å²) in [5, 5.41) is 1.84. The molecule has 7 nitrogen and oxygen atoms in total. The molecular formula is C13H17N3O4. The number of ether oxygens (including phenoxy) is 1. The van der Waals surface area contributed by atoms with Gasteiger partial charge in [0.15, 0.2) is 6.10 Å². The van der Waals surface area contributed by atoms with Gasteiger partial charge in [-0.1, -0.05) is 0 Å². The maximum Gasteiger partial charge on any atom is 0.338 e. The summed E-state index contributed by atoms with van der Waals surface area (Å²) in [5.74, 6) is -1.42. The maximum atomic E-state index is 11.8. The van der Waals surface area contributed by atoms with E-state index in [1.54, 1.807) is 24.3 Å². The van der Waals surface area contributed by atoms with Crippen molar-refractivity contribution in [3.8, 4) is 0 Å². The van der Waals surface area contributed by atoms with Gasteiger partial charge in [0, 0.05) is 19.8 Å². The first kappa shape index (κ1) is 15.5. The fourth-order valence-corrected chi connectivity index (χ4v) is 1.40. The van der Waals surface area contributed by atoms with Crippen molar-refractivity contribution in [1.29, 1.82) is 0 Å². The summed E-state index contributed by atoms with van der Waals surface area (Å²) < 4.78 is 4.93. The molecule has 1 aromatic carbocycles. The highest BCUT2D eigenvalue weighted by Crippen LogP contribution is 2.13. The van der Waals surface area contributed by atoms with Crippen LogP contribution in [0.2, 0.25) is 0 Å². The van der Waals surface area contributed by atoms with Gasteiger partial charge in [0.2, 0.25) is 0 Å². The number of nitrogens with zero attached hydrogens (tertiary/aromatic N) is 1. The van der Waals surface area contributed by atoms with Crippen LogP contribution in [0.5, 0.6) is 0 Å². The van der Waals surface area contributed by atoms with Crippen molar-refractivity contribution in [2.75, 3.05) is 19.0 Å². The zero-order valence-electron chi connectivity index (χ0n) is 11.5. The molecule has 3 amide bonds. The number of urea groups is 1. The largest absolute Gasteiger partial charge is 0.449 e. The Morgan fingerprint density at radius 3 is 2.20 bits per heavy atom. The fraction of sp³-hybridized carbons (Fsp3) is 0.308. The lowest BCUT2D eigenvalue weighted by molar-refractivity contribution is -0.127. The fourth-order valence-electron chi connectivity index (χ4n) is 1.40. The first-order chi connectivity index (χ1) is 9.31. The van der Waals surface area contributed by atoms with E-state index in [-0.39, 0.29) is 0 Å². The monoisotopic (exact) mass is 279 g/mol. The molecule has 1 atom stereocenters. The smallest absolute Gasteiger partial charge is 0.338 e. The van der Waals surface area contributed by atoms with Gasteiger partial charge in [0.1, 0.15) is 0 Å². The second-order valence-corrected chi connectivity index (χ2v) is 4.34. The van der Waals surface area contributed by atoms with Crippen LogP contribution in [-0.2, 0) is 9.53 Å². The van der Waals surface area contributed by atoms with Gasteiger partial charge in [-0.3, -0.25) is 10.1 Å². The van der Waals surface area contributed by atoms with E-state index < -0.39 is 24.0 Å². The molecule has 0 aliphatic rings. The maximum absolute atomic E-state index is 11.8. The summed E-state index contributed by atoms with van der Waals surface area (Å²) in [6.07, 6.45) is -1.11. The number of rotatable bonds is 4. The molecule has 0 saturated heterocycles. The Bertz CT molecular complexity index is 511. The number of nitrogens with two attached hydrogens (primary N) is 1. The first-order valence-corrected chi connectivity index (χ1v) is 5.90. The van der Waals surface area contributed by atoms with E-state index in [1.807, 2.05) is 24.3 Å². The van der Waals surface area contributed by atoms with Crippen molar-refractivity contribution in [3.05, 3.63) is 29.8 Å². The number of carbonyl (C=O) groups excluding carboxylic acids is 3. The minimum atomic E-state index is -1.11. The summed E-state index contributed by atoms with van der Waals surface area (Å²) in [5.41, 5.74) is 6.05. The summed E-state index contributed by atoms with van der Waals surface area (Å²) in [7, 11) is 3.76. The second kappa shape index (κ2) is 6.55. The van der Waals surface area contributed by atoms with Crippen molar-refractivity contribution in [2.24, 2.45) is 5.73 Å². The summed E-state index contributed by atoms with van der Waals surface area (Å²) >= 11 is 0.